The van der Waals surface area contributed by atoms with Gasteiger partial charge in [0.05, 0.1) is 11.9 Å². The summed E-state index contributed by atoms with van der Waals surface area (Å²) in [5.41, 5.74) is 3.51. The molecule has 0 aliphatic rings. The van der Waals surface area contributed by atoms with Crippen molar-refractivity contribution in [2.75, 3.05) is 5.32 Å². The zero-order valence-corrected chi connectivity index (χ0v) is 10.4. The number of hydrogen-bond donors (Lipinski definition) is 2. The number of hydrogen-bond acceptors (Lipinski definition) is 2. The summed E-state index contributed by atoms with van der Waals surface area (Å²) in [7, 11) is 0. The molecular weight excluding hydrogens is 224 g/mol. The number of H-pyrrole nitrogens is 1. The molecule has 3 rings (SSSR count). The first-order chi connectivity index (χ1) is 8.85. The third-order valence-corrected chi connectivity index (χ3v) is 3.07. The summed E-state index contributed by atoms with van der Waals surface area (Å²) in [5, 5.41) is 8.87. The third kappa shape index (κ3) is 2.09. The van der Waals surface area contributed by atoms with Crippen LogP contribution < -0.4 is 5.32 Å². The van der Waals surface area contributed by atoms with Crippen molar-refractivity contribution in [1.29, 1.82) is 0 Å². The minimum atomic E-state index is 0.816. The topological polar surface area (TPSA) is 45.6 Å². The zero-order valence-electron chi connectivity index (χ0n) is 10.4. The molecule has 0 unspecified atom stereocenters. The van der Waals surface area contributed by atoms with Crippen LogP contribution in [0, 0.1) is 0 Å². The van der Waals surface area contributed by atoms with Gasteiger partial charge in [-0.25, -0.2) is 0 Å². The number of aromatic amines is 1. The number of rotatable bonds is 4. The van der Waals surface area contributed by atoms with E-state index in [0.717, 1.165) is 18.8 Å². The van der Waals surface area contributed by atoms with Crippen LogP contribution in [0.1, 0.15) is 12.5 Å². The highest BCUT2D eigenvalue weighted by Crippen LogP contribution is 2.15. The molecule has 4 heteroatoms. The molecule has 0 radical (unpaired) electrons. The molecule has 0 spiro atoms. The van der Waals surface area contributed by atoms with E-state index in [0.29, 0.717) is 0 Å². The van der Waals surface area contributed by atoms with Gasteiger partial charge in [0.25, 0.3) is 0 Å². The largest absolute Gasteiger partial charge is 0.378 e. The Kier molecular flexibility index (Phi) is 2.76. The van der Waals surface area contributed by atoms with Crippen LogP contribution in [0.5, 0.6) is 0 Å². The number of anilines is 1. The molecule has 0 aliphatic carbocycles. The predicted octanol–water partition coefficient (Wildman–Crippen LogP) is 3.00. The molecule has 3 aromatic rings. The second kappa shape index (κ2) is 4.56. The first-order valence-corrected chi connectivity index (χ1v) is 6.17. The summed E-state index contributed by atoms with van der Waals surface area (Å²) in [6.45, 7) is 3.80. The van der Waals surface area contributed by atoms with Gasteiger partial charge in [0.15, 0.2) is 0 Å². The first kappa shape index (κ1) is 10.9. The van der Waals surface area contributed by atoms with Gasteiger partial charge in [-0.1, -0.05) is 6.07 Å². The van der Waals surface area contributed by atoms with E-state index in [1.54, 1.807) is 0 Å². The molecule has 2 heterocycles. The lowest BCUT2D eigenvalue weighted by molar-refractivity contribution is 0.660. The standard InChI is InChI=1S/C14H16N4/c1-2-18-10-13(9-17-18)16-8-11-3-4-14-12(7-11)5-6-15-14/h3-7,9-10,15-16H,2,8H2,1H3. The molecule has 0 aliphatic heterocycles. The molecule has 0 atom stereocenters. The van der Waals surface area contributed by atoms with E-state index in [4.69, 9.17) is 0 Å². The van der Waals surface area contributed by atoms with Crippen LogP contribution in [0.15, 0.2) is 42.9 Å². The molecule has 2 aromatic heterocycles. The number of benzene rings is 1. The van der Waals surface area contributed by atoms with Crippen LogP contribution in [0.3, 0.4) is 0 Å². The smallest absolute Gasteiger partial charge is 0.0729 e. The molecule has 0 amide bonds. The molecule has 0 bridgehead atoms. The van der Waals surface area contributed by atoms with Gasteiger partial charge in [-0.15, -0.1) is 0 Å². The van der Waals surface area contributed by atoms with E-state index in [-0.39, 0.29) is 0 Å². The lowest BCUT2D eigenvalue weighted by atomic mass is 10.1. The van der Waals surface area contributed by atoms with Crippen molar-refractivity contribution in [2.45, 2.75) is 20.0 Å². The minimum Gasteiger partial charge on any atom is -0.378 e. The molecule has 0 saturated carbocycles. The van der Waals surface area contributed by atoms with Crippen LogP contribution in [0.25, 0.3) is 10.9 Å². The molecule has 92 valence electrons. The summed E-state index contributed by atoms with van der Waals surface area (Å²) in [6, 6.07) is 8.54. The van der Waals surface area contributed by atoms with Crippen LogP contribution in [-0.4, -0.2) is 14.8 Å². The van der Waals surface area contributed by atoms with Gasteiger partial charge in [0, 0.05) is 31.0 Å². The highest BCUT2D eigenvalue weighted by atomic mass is 15.3. The summed E-state index contributed by atoms with van der Waals surface area (Å²) in [6.07, 6.45) is 5.85. The molecule has 0 fully saturated rings. The summed E-state index contributed by atoms with van der Waals surface area (Å²) < 4.78 is 1.91. The van der Waals surface area contributed by atoms with Crippen molar-refractivity contribution in [1.82, 2.24) is 14.8 Å². The Hall–Kier alpha value is -2.23. The Balaban J connectivity index is 1.72. The molecule has 0 saturated heterocycles. The molecule has 4 nitrogen and oxygen atoms in total. The van der Waals surface area contributed by atoms with Gasteiger partial charge in [-0.2, -0.15) is 5.10 Å². The average Bonchev–Trinajstić information content (AvgIpc) is 3.04. The van der Waals surface area contributed by atoms with E-state index >= 15 is 0 Å². The number of fused-ring (bicyclic) bond motifs is 1. The fraction of sp³-hybridized carbons (Fsp3) is 0.214. The van der Waals surface area contributed by atoms with E-state index in [9.17, 15) is 0 Å². The maximum atomic E-state index is 4.24. The van der Waals surface area contributed by atoms with Crippen LogP contribution in [0.4, 0.5) is 5.69 Å². The maximum absolute atomic E-state index is 4.24. The minimum absolute atomic E-state index is 0.816. The van der Waals surface area contributed by atoms with Gasteiger partial charge in [-0.05, 0) is 36.1 Å². The Morgan fingerprint density at radius 3 is 3.11 bits per heavy atom. The lowest BCUT2D eigenvalue weighted by Crippen LogP contribution is -1.98. The van der Waals surface area contributed by atoms with E-state index in [1.165, 1.54) is 16.5 Å². The second-order valence-corrected chi connectivity index (χ2v) is 4.34. The average molecular weight is 240 g/mol. The van der Waals surface area contributed by atoms with Gasteiger partial charge in [0.1, 0.15) is 0 Å². The van der Waals surface area contributed by atoms with Gasteiger partial charge < -0.3 is 10.3 Å². The van der Waals surface area contributed by atoms with Crippen LogP contribution in [0.2, 0.25) is 0 Å². The quantitative estimate of drug-likeness (QED) is 0.736. The summed E-state index contributed by atoms with van der Waals surface area (Å²) in [4.78, 5) is 3.20. The highest BCUT2D eigenvalue weighted by Gasteiger charge is 1.99. The molecule has 18 heavy (non-hydrogen) atoms. The summed E-state index contributed by atoms with van der Waals surface area (Å²) >= 11 is 0. The number of nitrogens with zero attached hydrogens (tertiary/aromatic N) is 2. The van der Waals surface area contributed by atoms with Crippen molar-refractivity contribution in [2.24, 2.45) is 0 Å². The highest BCUT2D eigenvalue weighted by molar-refractivity contribution is 5.79. The Morgan fingerprint density at radius 2 is 2.28 bits per heavy atom. The Bertz CT molecular complexity index is 650. The fourth-order valence-corrected chi connectivity index (χ4v) is 2.04. The maximum Gasteiger partial charge on any atom is 0.0729 e. The first-order valence-electron chi connectivity index (χ1n) is 6.17. The normalized spacial score (nSPS) is 10.9. The number of nitrogens with one attached hydrogen (secondary N) is 2. The molecule has 1 aromatic carbocycles. The van der Waals surface area contributed by atoms with Gasteiger partial charge in [-0.3, -0.25) is 4.68 Å². The Labute approximate surface area is 106 Å². The summed E-state index contributed by atoms with van der Waals surface area (Å²) in [5.74, 6) is 0. The van der Waals surface area contributed by atoms with Crippen molar-refractivity contribution in [3.05, 3.63) is 48.4 Å². The SMILES string of the molecule is CCn1cc(NCc2ccc3[nH]ccc3c2)cn1. The third-order valence-electron chi connectivity index (χ3n) is 3.07. The van der Waals surface area contributed by atoms with E-state index < -0.39 is 0 Å². The fourth-order valence-electron chi connectivity index (χ4n) is 2.04. The zero-order chi connectivity index (χ0) is 12.4. The van der Waals surface area contributed by atoms with Gasteiger partial charge >= 0.3 is 0 Å². The lowest BCUT2D eigenvalue weighted by Gasteiger charge is -2.03. The Morgan fingerprint density at radius 1 is 1.33 bits per heavy atom. The predicted molar refractivity (Wildman–Crippen MR) is 73.5 cm³/mol. The molecular formula is C14H16N4. The monoisotopic (exact) mass is 240 g/mol. The molecule has 2 N–H and O–H groups in total. The number of aromatic nitrogens is 3. The van der Waals surface area contributed by atoms with Gasteiger partial charge in [0.2, 0.25) is 0 Å². The van der Waals surface area contributed by atoms with Crippen molar-refractivity contribution >= 4 is 16.6 Å². The van der Waals surface area contributed by atoms with Crippen LogP contribution >= 0.6 is 0 Å². The second-order valence-electron chi connectivity index (χ2n) is 4.34. The van der Waals surface area contributed by atoms with Crippen molar-refractivity contribution in [3.63, 3.8) is 0 Å². The van der Waals surface area contributed by atoms with E-state index in [1.807, 2.05) is 23.3 Å². The van der Waals surface area contributed by atoms with Crippen molar-refractivity contribution < 1.29 is 0 Å². The van der Waals surface area contributed by atoms with Crippen molar-refractivity contribution in [3.8, 4) is 0 Å². The van der Waals surface area contributed by atoms with Crippen LogP contribution in [-0.2, 0) is 13.1 Å². The number of aryl methyl sites for hydroxylation is 1. The van der Waals surface area contributed by atoms with E-state index in [2.05, 4.69) is 46.6 Å².